The van der Waals surface area contributed by atoms with E-state index in [1.807, 2.05) is 11.8 Å². The van der Waals surface area contributed by atoms with E-state index in [1.165, 1.54) is 6.42 Å². The molecule has 0 unspecified atom stereocenters. The van der Waals surface area contributed by atoms with Crippen LogP contribution in [0.4, 0.5) is 4.79 Å². The molecule has 2 fully saturated rings. The van der Waals surface area contributed by atoms with Gasteiger partial charge in [-0.15, -0.1) is 0 Å². The fourth-order valence-electron chi connectivity index (χ4n) is 1.71. The van der Waals surface area contributed by atoms with E-state index in [4.69, 9.17) is 5.11 Å². The Bertz CT molecular complexity index is 185. The van der Waals surface area contributed by atoms with Crippen LogP contribution in [0.25, 0.3) is 0 Å². The van der Waals surface area contributed by atoms with Crippen LogP contribution in [0.5, 0.6) is 0 Å². The fraction of sp³-hybridized carbons (Fsp3) is 0.857. The first-order valence-electron chi connectivity index (χ1n) is 3.90. The Kier molecular flexibility index (Phi) is 1.71. The molecule has 4 heteroatoms. The molecule has 3 atom stereocenters. The second-order valence-corrected chi connectivity index (χ2v) is 4.66. The van der Waals surface area contributed by atoms with Gasteiger partial charge in [-0.25, -0.2) is 4.79 Å². The summed E-state index contributed by atoms with van der Waals surface area (Å²) in [6.07, 6.45) is 2.39. The van der Waals surface area contributed by atoms with Gasteiger partial charge in [-0.1, -0.05) is 0 Å². The molecule has 0 bridgehead atoms. The summed E-state index contributed by atoms with van der Waals surface area (Å²) < 4.78 is 0. The fourth-order valence-corrected chi connectivity index (χ4v) is 2.93. The Labute approximate surface area is 69.5 Å². The summed E-state index contributed by atoms with van der Waals surface area (Å²) in [6.45, 7) is 0. The lowest BCUT2D eigenvalue weighted by Gasteiger charge is -2.19. The number of hydrogen-bond donors (Lipinski definition) is 2. The van der Waals surface area contributed by atoms with E-state index < -0.39 is 6.09 Å². The number of thioether (sulfide) groups is 1. The zero-order chi connectivity index (χ0) is 7.84. The van der Waals surface area contributed by atoms with Crippen molar-refractivity contribution in [3.8, 4) is 0 Å². The molecule has 1 aliphatic heterocycles. The van der Waals surface area contributed by atoms with Crippen molar-refractivity contribution in [1.29, 1.82) is 0 Å². The number of nitrogens with one attached hydrogen (secondary N) is 1. The van der Waals surface area contributed by atoms with Crippen molar-refractivity contribution in [1.82, 2.24) is 5.32 Å². The number of fused-ring (bicyclic) bond motifs is 1. The van der Waals surface area contributed by atoms with Crippen LogP contribution in [0.15, 0.2) is 0 Å². The Morgan fingerprint density at radius 2 is 2.27 bits per heavy atom. The Morgan fingerprint density at radius 3 is 2.91 bits per heavy atom. The third-order valence-electron chi connectivity index (χ3n) is 2.33. The van der Waals surface area contributed by atoms with Crippen LogP contribution in [0.3, 0.4) is 0 Å². The van der Waals surface area contributed by atoms with Gasteiger partial charge in [-0.05, 0) is 19.3 Å². The highest BCUT2D eigenvalue weighted by molar-refractivity contribution is 8.07. The molecule has 1 amide bonds. The number of rotatable bonds is 1. The quantitative estimate of drug-likeness (QED) is 0.587. The lowest BCUT2D eigenvalue weighted by molar-refractivity contribution is 0.187. The normalized spacial score (nSPS) is 40.9. The summed E-state index contributed by atoms with van der Waals surface area (Å²) in [7, 11) is 0. The summed E-state index contributed by atoms with van der Waals surface area (Å²) in [5.41, 5.74) is 0. The Morgan fingerprint density at radius 1 is 1.45 bits per heavy atom. The maximum atomic E-state index is 10.3. The van der Waals surface area contributed by atoms with Crippen LogP contribution in [-0.4, -0.2) is 27.7 Å². The van der Waals surface area contributed by atoms with E-state index in [-0.39, 0.29) is 6.04 Å². The molecule has 2 N–H and O–H groups in total. The maximum Gasteiger partial charge on any atom is 0.404 e. The van der Waals surface area contributed by atoms with Crippen LogP contribution >= 0.6 is 11.8 Å². The van der Waals surface area contributed by atoms with Crippen LogP contribution < -0.4 is 5.32 Å². The lowest BCUT2D eigenvalue weighted by atomic mass is 9.96. The van der Waals surface area contributed by atoms with Crippen LogP contribution in [0.1, 0.15) is 19.3 Å². The summed E-state index contributed by atoms with van der Waals surface area (Å²) in [6, 6.07) is 0.226. The third-order valence-corrected chi connectivity index (χ3v) is 3.80. The topological polar surface area (TPSA) is 49.3 Å². The molecule has 0 spiro atoms. The molecule has 0 radical (unpaired) electrons. The molecule has 1 saturated heterocycles. The largest absolute Gasteiger partial charge is 0.465 e. The molecular weight excluding hydrogens is 162 g/mol. The molecular formula is C7H11NO2S. The smallest absolute Gasteiger partial charge is 0.404 e. The number of amides is 1. The van der Waals surface area contributed by atoms with Crippen LogP contribution in [0.2, 0.25) is 0 Å². The van der Waals surface area contributed by atoms with Gasteiger partial charge >= 0.3 is 6.09 Å². The van der Waals surface area contributed by atoms with Crippen molar-refractivity contribution < 1.29 is 9.90 Å². The number of carboxylic acid groups (broad SMARTS) is 1. The molecule has 0 aromatic rings. The SMILES string of the molecule is O=C(O)N[C@H]1CC[C@@H]2S[C@@H]2C1. The first-order valence-corrected chi connectivity index (χ1v) is 4.85. The highest BCUT2D eigenvalue weighted by atomic mass is 32.2. The minimum absolute atomic E-state index is 0.226. The van der Waals surface area contributed by atoms with Crippen molar-refractivity contribution in [3.63, 3.8) is 0 Å². The van der Waals surface area contributed by atoms with Crippen molar-refractivity contribution in [3.05, 3.63) is 0 Å². The second-order valence-electron chi connectivity index (χ2n) is 3.17. The molecule has 62 valence electrons. The monoisotopic (exact) mass is 173 g/mol. The number of hydrogen-bond acceptors (Lipinski definition) is 2. The average Bonchev–Trinajstić information content (AvgIpc) is 2.63. The molecule has 1 saturated carbocycles. The Balaban J connectivity index is 1.81. The first kappa shape index (κ1) is 7.28. The molecule has 1 aliphatic carbocycles. The zero-order valence-electron chi connectivity index (χ0n) is 6.12. The van der Waals surface area contributed by atoms with Gasteiger partial charge in [0.2, 0.25) is 0 Å². The lowest BCUT2D eigenvalue weighted by Crippen LogP contribution is -2.37. The molecule has 0 aromatic heterocycles. The van der Waals surface area contributed by atoms with Crippen LogP contribution in [-0.2, 0) is 0 Å². The van der Waals surface area contributed by atoms with E-state index in [2.05, 4.69) is 5.32 Å². The van der Waals surface area contributed by atoms with Gasteiger partial charge in [0.25, 0.3) is 0 Å². The van der Waals surface area contributed by atoms with E-state index >= 15 is 0 Å². The molecule has 2 rings (SSSR count). The number of carbonyl (C=O) groups is 1. The van der Waals surface area contributed by atoms with Crippen molar-refractivity contribution in [2.75, 3.05) is 0 Å². The van der Waals surface area contributed by atoms with Crippen molar-refractivity contribution in [2.24, 2.45) is 0 Å². The van der Waals surface area contributed by atoms with E-state index in [9.17, 15) is 4.79 Å². The predicted octanol–water partition coefficient (Wildman–Crippen LogP) is 1.29. The molecule has 0 aromatic carbocycles. The maximum absolute atomic E-state index is 10.3. The third kappa shape index (κ3) is 1.61. The summed E-state index contributed by atoms with van der Waals surface area (Å²) >= 11 is 2.00. The van der Waals surface area contributed by atoms with Crippen molar-refractivity contribution >= 4 is 17.9 Å². The van der Waals surface area contributed by atoms with E-state index in [0.29, 0.717) is 0 Å². The zero-order valence-corrected chi connectivity index (χ0v) is 6.93. The molecule has 2 aliphatic rings. The van der Waals surface area contributed by atoms with Gasteiger partial charge in [0.1, 0.15) is 0 Å². The standard InChI is InChI=1S/C7H11NO2S/c9-7(10)8-4-1-2-5-6(3-4)11-5/h4-6,8H,1-3H2,(H,9,10)/t4-,5-,6+/m0/s1. The molecule has 3 nitrogen and oxygen atoms in total. The highest BCUT2D eigenvalue weighted by Crippen LogP contribution is 2.50. The van der Waals surface area contributed by atoms with Gasteiger partial charge < -0.3 is 10.4 Å². The van der Waals surface area contributed by atoms with E-state index in [1.54, 1.807) is 0 Å². The summed E-state index contributed by atoms with van der Waals surface area (Å²) in [4.78, 5) is 10.3. The van der Waals surface area contributed by atoms with Gasteiger partial charge in [0.05, 0.1) is 0 Å². The van der Waals surface area contributed by atoms with Gasteiger partial charge in [0.15, 0.2) is 0 Å². The highest BCUT2D eigenvalue weighted by Gasteiger charge is 2.43. The molecule has 1 heterocycles. The Hall–Kier alpha value is -0.380. The van der Waals surface area contributed by atoms with Crippen molar-refractivity contribution in [2.45, 2.75) is 35.8 Å². The molecule has 11 heavy (non-hydrogen) atoms. The van der Waals surface area contributed by atoms with E-state index in [0.717, 1.165) is 23.3 Å². The summed E-state index contributed by atoms with van der Waals surface area (Å²) in [5, 5.41) is 12.6. The predicted molar refractivity (Wildman–Crippen MR) is 44.0 cm³/mol. The van der Waals surface area contributed by atoms with Crippen LogP contribution in [0, 0.1) is 0 Å². The first-order chi connectivity index (χ1) is 5.25. The minimum atomic E-state index is -0.876. The summed E-state index contributed by atoms with van der Waals surface area (Å²) in [5.74, 6) is 0. The van der Waals surface area contributed by atoms with Gasteiger partial charge in [-0.3, -0.25) is 0 Å². The average molecular weight is 173 g/mol. The van der Waals surface area contributed by atoms with Gasteiger partial charge in [0, 0.05) is 16.5 Å². The minimum Gasteiger partial charge on any atom is -0.465 e. The van der Waals surface area contributed by atoms with Gasteiger partial charge in [-0.2, -0.15) is 11.8 Å². The second kappa shape index (κ2) is 2.59.